The van der Waals surface area contributed by atoms with Crippen molar-refractivity contribution in [2.75, 3.05) is 11.4 Å². The molecule has 0 saturated carbocycles. The van der Waals surface area contributed by atoms with Crippen molar-refractivity contribution in [1.82, 2.24) is 10.9 Å². The van der Waals surface area contributed by atoms with Crippen molar-refractivity contribution in [3.05, 3.63) is 30.3 Å². The molecule has 0 fully saturated rings. The molecule has 1 rings (SSSR count). The van der Waals surface area contributed by atoms with Crippen molar-refractivity contribution >= 4 is 17.5 Å². The molecule has 0 radical (unpaired) electrons. The van der Waals surface area contributed by atoms with Crippen molar-refractivity contribution in [2.45, 2.75) is 52.7 Å². The zero-order valence-corrected chi connectivity index (χ0v) is 15.0. The van der Waals surface area contributed by atoms with E-state index in [4.69, 9.17) is 0 Å². The van der Waals surface area contributed by atoms with Crippen LogP contribution in [0.5, 0.6) is 0 Å². The van der Waals surface area contributed by atoms with Crippen molar-refractivity contribution < 1.29 is 14.7 Å². The fourth-order valence-electron chi connectivity index (χ4n) is 2.26. The maximum absolute atomic E-state index is 12.4. The summed E-state index contributed by atoms with van der Waals surface area (Å²) in [6, 6.07) is 8.92. The fourth-order valence-corrected chi connectivity index (χ4v) is 2.26. The van der Waals surface area contributed by atoms with Gasteiger partial charge in [0.05, 0.1) is 6.10 Å². The molecule has 2 amide bonds. The van der Waals surface area contributed by atoms with E-state index in [-0.39, 0.29) is 17.7 Å². The Balaban J connectivity index is 2.74. The molecule has 0 aromatic heterocycles. The van der Waals surface area contributed by atoms with Gasteiger partial charge in [0.1, 0.15) is 6.04 Å². The molecular weight excluding hydrogens is 306 g/mol. The Morgan fingerprint density at radius 3 is 2.29 bits per heavy atom. The van der Waals surface area contributed by atoms with Crippen molar-refractivity contribution in [2.24, 2.45) is 5.92 Å². The second-order valence-corrected chi connectivity index (χ2v) is 6.36. The number of hydrogen-bond acceptors (Lipinski definition) is 4. The quantitative estimate of drug-likeness (QED) is 0.633. The topological polar surface area (TPSA) is 81.7 Å². The van der Waals surface area contributed by atoms with E-state index in [0.717, 1.165) is 5.69 Å². The zero-order valence-electron chi connectivity index (χ0n) is 15.0. The van der Waals surface area contributed by atoms with Gasteiger partial charge in [0.15, 0.2) is 0 Å². The number of aliphatic hydroxyl groups is 1. The lowest BCUT2D eigenvalue weighted by molar-refractivity contribution is -0.129. The summed E-state index contributed by atoms with van der Waals surface area (Å²) in [7, 11) is 0. The van der Waals surface area contributed by atoms with Crippen LogP contribution in [-0.2, 0) is 9.59 Å². The van der Waals surface area contributed by atoms with Gasteiger partial charge in [-0.15, -0.1) is 0 Å². The molecule has 6 heteroatoms. The molecule has 24 heavy (non-hydrogen) atoms. The van der Waals surface area contributed by atoms with Gasteiger partial charge in [-0.1, -0.05) is 39.0 Å². The van der Waals surface area contributed by atoms with Gasteiger partial charge < -0.3 is 10.0 Å². The minimum absolute atomic E-state index is 0.217. The van der Waals surface area contributed by atoms with Gasteiger partial charge >= 0.3 is 0 Å². The largest absolute Gasteiger partial charge is 0.391 e. The van der Waals surface area contributed by atoms with Crippen LogP contribution in [0.2, 0.25) is 0 Å². The SMILES string of the molecule is CCC(O)CN(c1ccccc1)C(C)C(=O)NNC(=O)CC(C)C. The standard InChI is InChI=1S/C18H29N3O3/c1-5-16(22)12-21(15-9-7-6-8-10-15)14(4)18(24)20-19-17(23)11-13(2)3/h6-10,13-14,16,22H,5,11-12H2,1-4H3,(H,19,23)(H,20,24). The van der Waals surface area contributed by atoms with Gasteiger partial charge in [0.25, 0.3) is 5.91 Å². The highest BCUT2D eigenvalue weighted by atomic mass is 16.3. The summed E-state index contributed by atoms with van der Waals surface area (Å²) < 4.78 is 0. The summed E-state index contributed by atoms with van der Waals surface area (Å²) in [5.74, 6) is -0.315. The number of nitrogens with one attached hydrogen (secondary N) is 2. The van der Waals surface area contributed by atoms with Crippen LogP contribution in [0.25, 0.3) is 0 Å². The minimum Gasteiger partial charge on any atom is -0.391 e. The smallest absolute Gasteiger partial charge is 0.260 e. The van der Waals surface area contributed by atoms with Crippen molar-refractivity contribution in [3.63, 3.8) is 0 Å². The summed E-state index contributed by atoms with van der Waals surface area (Å²) in [4.78, 5) is 25.9. The Bertz CT molecular complexity index is 520. The van der Waals surface area contributed by atoms with E-state index in [1.54, 1.807) is 6.92 Å². The lowest BCUT2D eigenvalue weighted by Gasteiger charge is -2.32. The summed E-state index contributed by atoms with van der Waals surface area (Å²) in [6.07, 6.45) is 0.421. The van der Waals surface area contributed by atoms with Crippen molar-refractivity contribution in [3.8, 4) is 0 Å². The summed E-state index contributed by atoms with van der Waals surface area (Å²) in [5, 5.41) is 9.99. The Kier molecular flexibility index (Phi) is 8.26. The van der Waals surface area contributed by atoms with Crippen LogP contribution in [0.1, 0.15) is 40.5 Å². The first kappa shape index (κ1) is 20.0. The van der Waals surface area contributed by atoms with E-state index in [2.05, 4.69) is 10.9 Å². The lowest BCUT2D eigenvalue weighted by Crippen LogP contribution is -2.52. The van der Waals surface area contributed by atoms with E-state index in [9.17, 15) is 14.7 Å². The molecule has 0 bridgehead atoms. The molecule has 1 aromatic rings. The molecule has 1 aromatic carbocycles. The van der Waals surface area contributed by atoms with E-state index >= 15 is 0 Å². The van der Waals surface area contributed by atoms with Gasteiger partial charge in [-0.2, -0.15) is 0 Å². The Labute approximate surface area is 144 Å². The average molecular weight is 335 g/mol. The zero-order chi connectivity index (χ0) is 18.1. The number of aliphatic hydroxyl groups excluding tert-OH is 1. The van der Waals surface area contributed by atoms with Crippen LogP contribution >= 0.6 is 0 Å². The van der Waals surface area contributed by atoms with Gasteiger partial charge in [-0.3, -0.25) is 20.4 Å². The molecule has 0 heterocycles. The minimum atomic E-state index is -0.534. The lowest BCUT2D eigenvalue weighted by atomic mass is 10.1. The maximum Gasteiger partial charge on any atom is 0.260 e. The summed E-state index contributed by atoms with van der Waals surface area (Å²) >= 11 is 0. The highest BCUT2D eigenvalue weighted by molar-refractivity contribution is 5.87. The molecule has 0 spiro atoms. The maximum atomic E-state index is 12.4. The first-order valence-electron chi connectivity index (χ1n) is 8.43. The van der Waals surface area contributed by atoms with Crippen LogP contribution in [0.4, 0.5) is 5.69 Å². The number of hydrazine groups is 1. The monoisotopic (exact) mass is 335 g/mol. The third-order valence-electron chi connectivity index (χ3n) is 3.73. The molecule has 0 aliphatic carbocycles. The van der Waals surface area contributed by atoms with Crippen LogP contribution in [0.3, 0.4) is 0 Å². The average Bonchev–Trinajstić information content (AvgIpc) is 2.56. The van der Waals surface area contributed by atoms with E-state index in [1.165, 1.54) is 0 Å². The fraction of sp³-hybridized carbons (Fsp3) is 0.556. The Morgan fingerprint density at radius 1 is 1.12 bits per heavy atom. The van der Waals surface area contributed by atoms with E-state index < -0.39 is 12.1 Å². The van der Waals surface area contributed by atoms with E-state index in [0.29, 0.717) is 19.4 Å². The first-order chi connectivity index (χ1) is 11.3. The second-order valence-electron chi connectivity index (χ2n) is 6.36. The third-order valence-corrected chi connectivity index (χ3v) is 3.73. The number of benzene rings is 1. The normalized spacial score (nSPS) is 13.2. The number of carbonyl (C=O) groups is 2. The molecule has 6 nitrogen and oxygen atoms in total. The Hall–Kier alpha value is -2.08. The predicted octanol–water partition coefficient (Wildman–Crippen LogP) is 1.85. The number of para-hydroxylation sites is 1. The molecule has 0 aliphatic heterocycles. The van der Waals surface area contributed by atoms with Crippen LogP contribution < -0.4 is 15.8 Å². The van der Waals surface area contributed by atoms with Gasteiger partial charge in [-0.05, 0) is 31.4 Å². The van der Waals surface area contributed by atoms with Crippen LogP contribution in [0.15, 0.2) is 30.3 Å². The van der Waals surface area contributed by atoms with Gasteiger partial charge in [0, 0.05) is 18.7 Å². The molecule has 2 unspecified atom stereocenters. The van der Waals surface area contributed by atoms with E-state index in [1.807, 2.05) is 56.0 Å². The number of rotatable bonds is 8. The number of hydrogen-bond donors (Lipinski definition) is 3. The molecule has 0 aliphatic rings. The first-order valence-corrected chi connectivity index (χ1v) is 8.43. The number of amides is 2. The number of anilines is 1. The van der Waals surface area contributed by atoms with Crippen molar-refractivity contribution in [1.29, 1.82) is 0 Å². The molecule has 134 valence electrons. The predicted molar refractivity (Wildman–Crippen MR) is 95.3 cm³/mol. The highest BCUT2D eigenvalue weighted by Gasteiger charge is 2.24. The molecule has 2 atom stereocenters. The highest BCUT2D eigenvalue weighted by Crippen LogP contribution is 2.17. The molecule has 0 saturated heterocycles. The molecule has 3 N–H and O–H groups in total. The second kappa shape index (κ2) is 9.93. The summed E-state index contributed by atoms with van der Waals surface area (Å²) in [5.41, 5.74) is 5.76. The third kappa shape index (κ3) is 6.58. The van der Waals surface area contributed by atoms with Gasteiger partial charge in [-0.25, -0.2) is 0 Å². The Morgan fingerprint density at radius 2 is 1.75 bits per heavy atom. The number of carbonyl (C=O) groups excluding carboxylic acids is 2. The van der Waals surface area contributed by atoms with Crippen LogP contribution in [0, 0.1) is 5.92 Å². The van der Waals surface area contributed by atoms with Gasteiger partial charge in [0.2, 0.25) is 5.91 Å². The van der Waals surface area contributed by atoms with Crippen LogP contribution in [-0.4, -0.2) is 35.6 Å². The molecular formula is C18H29N3O3. The number of nitrogens with zero attached hydrogens (tertiary/aromatic N) is 1. The summed E-state index contributed by atoms with van der Waals surface area (Å²) in [6.45, 7) is 7.86.